The van der Waals surface area contributed by atoms with Crippen LogP contribution in [-0.2, 0) is 10.9 Å². The Morgan fingerprint density at radius 2 is 1.89 bits per heavy atom. The largest absolute Gasteiger partial charge is 0.461 e. The Morgan fingerprint density at radius 1 is 1.29 bits per heavy atom. The van der Waals surface area contributed by atoms with Crippen LogP contribution in [0, 0.1) is 0 Å². The van der Waals surface area contributed by atoms with Crippen molar-refractivity contribution >= 4 is 46.6 Å². The zero-order valence-corrected chi connectivity index (χ0v) is 15.9. The molecule has 28 heavy (non-hydrogen) atoms. The van der Waals surface area contributed by atoms with E-state index in [-0.39, 0.29) is 6.61 Å². The molecule has 0 saturated carbocycles. The lowest BCUT2D eigenvalue weighted by Crippen LogP contribution is -2.10. The second-order valence-electron chi connectivity index (χ2n) is 5.05. The molecule has 0 fully saturated rings. The molecule has 3 N–H and O–H groups in total. The number of halogens is 8. The fraction of sp³-hybridized carbons (Fsp3) is 0.286. The third-order valence-corrected chi connectivity index (χ3v) is 4.74. The lowest BCUT2D eigenvalue weighted by Gasteiger charge is -2.16. The third-order valence-electron chi connectivity index (χ3n) is 3.22. The van der Waals surface area contributed by atoms with Gasteiger partial charge in [0.25, 0.3) is 0 Å². The first kappa shape index (κ1) is 22.5. The van der Waals surface area contributed by atoms with Gasteiger partial charge in [-0.15, -0.1) is 0 Å². The van der Waals surface area contributed by atoms with Crippen molar-refractivity contribution in [1.29, 1.82) is 0 Å². The second kappa shape index (κ2) is 7.91. The van der Waals surface area contributed by atoms with Crippen molar-refractivity contribution in [1.82, 2.24) is 10.2 Å². The molecule has 2 aromatic rings. The van der Waals surface area contributed by atoms with Crippen LogP contribution < -0.4 is 5.73 Å². The summed E-state index contributed by atoms with van der Waals surface area (Å²) in [6.45, 7) is 1.28. The maximum absolute atomic E-state index is 13.0. The molecule has 5 nitrogen and oxygen atoms in total. The van der Waals surface area contributed by atoms with Gasteiger partial charge in [-0.3, -0.25) is 5.10 Å². The molecule has 0 saturated heterocycles. The van der Waals surface area contributed by atoms with E-state index in [1.807, 2.05) is 0 Å². The number of nitrogens with two attached hydrogens (primary N) is 1. The van der Waals surface area contributed by atoms with Crippen molar-refractivity contribution in [2.24, 2.45) is 0 Å². The van der Waals surface area contributed by atoms with E-state index < -0.39 is 72.6 Å². The number of nitrogen functional groups attached to an aromatic ring is 1. The summed E-state index contributed by atoms with van der Waals surface area (Å²) >= 11 is 11.0. The minimum Gasteiger partial charge on any atom is -0.461 e. The third kappa shape index (κ3) is 4.61. The summed E-state index contributed by atoms with van der Waals surface area (Å²) in [6, 6.07) is 0.422. The number of carbonyl (C=O) groups excluding carboxylic acids is 1. The van der Waals surface area contributed by atoms with Gasteiger partial charge in [0.1, 0.15) is 0 Å². The number of anilines is 1. The normalized spacial score (nSPS) is 12.3. The molecule has 0 aliphatic heterocycles. The van der Waals surface area contributed by atoms with Crippen molar-refractivity contribution in [3.8, 4) is 11.3 Å². The topological polar surface area (TPSA) is 81.0 Å². The fourth-order valence-electron chi connectivity index (χ4n) is 2.15. The molecule has 2 rings (SSSR count). The smallest absolute Gasteiger partial charge is 0.446 e. The number of hydrogen-bond donors (Lipinski definition) is 2. The summed E-state index contributed by atoms with van der Waals surface area (Å²) in [7, 11) is 0. The van der Waals surface area contributed by atoms with Crippen LogP contribution in [0.3, 0.4) is 0 Å². The number of nitrogens with zero attached hydrogens (tertiary/aromatic N) is 1. The molecule has 0 spiro atoms. The average molecular weight is 468 g/mol. The van der Waals surface area contributed by atoms with Crippen molar-refractivity contribution in [3.63, 3.8) is 0 Å². The van der Waals surface area contributed by atoms with Gasteiger partial charge in [-0.1, -0.05) is 23.2 Å². The van der Waals surface area contributed by atoms with E-state index in [0.717, 1.165) is 0 Å². The van der Waals surface area contributed by atoms with E-state index in [4.69, 9.17) is 28.9 Å². The highest BCUT2D eigenvalue weighted by Crippen LogP contribution is 2.49. The number of aromatic amines is 1. The maximum Gasteiger partial charge on any atom is 0.446 e. The fourth-order valence-corrected chi connectivity index (χ4v) is 3.50. The van der Waals surface area contributed by atoms with Crippen LogP contribution >= 0.6 is 35.0 Å². The van der Waals surface area contributed by atoms with Gasteiger partial charge in [0.2, 0.25) is 0 Å². The molecule has 14 heteroatoms. The van der Waals surface area contributed by atoms with Crippen LogP contribution in [0.2, 0.25) is 10.0 Å². The number of thioether (sulfide) groups is 1. The number of alkyl halides is 6. The molecule has 154 valence electrons. The highest BCUT2D eigenvalue weighted by Gasteiger charge is 2.39. The maximum atomic E-state index is 13.0. The number of ether oxygens (including phenoxy) is 1. The summed E-state index contributed by atoms with van der Waals surface area (Å²) in [5.74, 6) is -1.18. The first-order valence-corrected chi connectivity index (χ1v) is 8.71. The number of nitrogens with one attached hydrogen (secondary N) is 1. The van der Waals surface area contributed by atoms with Crippen LogP contribution in [0.4, 0.5) is 32.0 Å². The standard InChI is InChI=1S/C14H9Cl2F6N3O2S/c1-2-27-12(26)10-11(28-14(20,21)22)9(24-25-10)6-5(15)3-4(13(17,18)19)8(23)7(6)16/h3H,2,23H2,1H3,(H,24,25). The van der Waals surface area contributed by atoms with Crippen molar-refractivity contribution in [2.45, 2.75) is 23.5 Å². The van der Waals surface area contributed by atoms with E-state index in [1.54, 1.807) is 0 Å². The molecule has 0 aliphatic carbocycles. The molecule has 0 bridgehead atoms. The number of hydrogen-bond acceptors (Lipinski definition) is 5. The van der Waals surface area contributed by atoms with Crippen molar-refractivity contribution in [3.05, 3.63) is 27.4 Å². The Hall–Kier alpha value is -1.79. The van der Waals surface area contributed by atoms with Gasteiger partial charge in [0, 0.05) is 5.56 Å². The molecule has 0 radical (unpaired) electrons. The first-order chi connectivity index (χ1) is 12.8. The molecule has 0 unspecified atom stereocenters. The van der Waals surface area contributed by atoms with Gasteiger partial charge >= 0.3 is 17.7 Å². The van der Waals surface area contributed by atoms with Crippen LogP contribution in [-0.4, -0.2) is 28.3 Å². The van der Waals surface area contributed by atoms with Crippen LogP contribution in [0.5, 0.6) is 0 Å². The number of rotatable bonds is 4. The Bertz CT molecular complexity index is 914. The van der Waals surface area contributed by atoms with Crippen molar-refractivity contribution < 1.29 is 35.9 Å². The van der Waals surface area contributed by atoms with Crippen LogP contribution in [0.25, 0.3) is 11.3 Å². The molecule has 0 aliphatic rings. The number of benzene rings is 1. The second-order valence-corrected chi connectivity index (χ2v) is 6.91. The van der Waals surface area contributed by atoms with Gasteiger partial charge in [-0.2, -0.15) is 31.4 Å². The highest BCUT2D eigenvalue weighted by molar-refractivity contribution is 8.00. The van der Waals surface area contributed by atoms with Gasteiger partial charge in [-0.25, -0.2) is 4.79 Å². The summed E-state index contributed by atoms with van der Waals surface area (Å²) in [5.41, 5.74) is -3.49. The summed E-state index contributed by atoms with van der Waals surface area (Å²) in [6.07, 6.45) is -4.90. The van der Waals surface area contributed by atoms with Crippen LogP contribution in [0.15, 0.2) is 11.0 Å². The quantitative estimate of drug-likeness (QED) is 0.258. The van der Waals surface area contributed by atoms with Gasteiger partial charge in [-0.05, 0) is 24.8 Å². The lowest BCUT2D eigenvalue weighted by molar-refractivity contribution is -0.136. The Morgan fingerprint density at radius 3 is 2.39 bits per heavy atom. The minimum atomic E-state index is -4.90. The van der Waals surface area contributed by atoms with E-state index in [9.17, 15) is 31.1 Å². The number of aromatic nitrogens is 2. The predicted octanol–water partition coefficient (Wildman–Crippen LogP) is 5.77. The zero-order valence-electron chi connectivity index (χ0n) is 13.6. The average Bonchev–Trinajstić information content (AvgIpc) is 2.92. The van der Waals surface area contributed by atoms with E-state index in [0.29, 0.717) is 6.07 Å². The summed E-state index contributed by atoms with van der Waals surface area (Å²) < 4.78 is 82.6. The number of H-pyrrole nitrogens is 1. The minimum absolute atomic E-state index is 0.147. The molecule has 1 aromatic heterocycles. The number of esters is 1. The molecular weight excluding hydrogens is 459 g/mol. The summed E-state index contributed by atoms with van der Waals surface area (Å²) in [5, 5.41) is 4.23. The van der Waals surface area contributed by atoms with E-state index in [1.165, 1.54) is 6.92 Å². The Kier molecular flexibility index (Phi) is 6.36. The van der Waals surface area contributed by atoms with E-state index >= 15 is 0 Å². The lowest BCUT2D eigenvalue weighted by atomic mass is 10.1. The van der Waals surface area contributed by atoms with E-state index in [2.05, 4.69) is 14.9 Å². The molecule has 0 atom stereocenters. The molecule has 1 aromatic carbocycles. The Labute approximate surface area is 167 Å². The zero-order chi connectivity index (χ0) is 21.4. The van der Waals surface area contributed by atoms with Gasteiger partial charge in [0.15, 0.2) is 5.69 Å². The monoisotopic (exact) mass is 467 g/mol. The van der Waals surface area contributed by atoms with Crippen molar-refractivity contribution in [2.75, 3.05) is 12.3 Å². The number of carbonyl (C=O) groups is 1. The van der Waals surface area contributed by atoms with Crippen LogP contribution in [0.1, 0.15) is 23.0 Å². The Balaban J connectivity index is 2.75. The molecular formula is C14H9Cl2F6N3O2S. The van der Waals surface area contributed by atoms with Gasteiger partial charge < -0.3 is 10.5 Å². The molecule has 1 heterocycles. The SMILES string of the molecule is CCOC(=O)c1n[nH]c(-c2c(Cl)cc(C(F)(F)F)c(N)c2Cl)c1SC(F)(F)F. The highest BCUT2D eigenvalue weighted by atomic mass is 35.5. The summed E-state index contributed by atoms with van der Waals surface area (Å²) in [4.78, 5) is 11.1. The molecule has 0 amide bonds. The first-order valence-electron chi connectivity index (χ1n) is 7.14. The van der Waals surface area contributed by atoms with Gasteiger partial charge in [0.05, 0.1) is 38.5 Å². The predicted molar refractivity (Wildman–Crippen MR) is 91.3 cm³/mol.